The van der Waals surface area contributed by atoms with Crippen LogP contribution in [0.1, 0.15) is 34.1 Å². The lowest BCUT2D eigenvalue weighted by atomic mass is 9.88. The van der Waals surface area contributed by atoms with Gasteiger partial charge in [0.15, 0.2) is 44.0 Å². The molecule has 596 valence electrons. The normalized spacial score (nSPS) is 48.3. The van der Waals surface area contributed by atoms with Crippen LogP contribution in [0.5, 0.6) is 0 Å². The molecule has 8 aliphatic heterocycles. The van der Waals surface area contributed by atoms with Crippen LogP contribution < -0.4 is 16.0 Å². The highest BCUT2D eigenvalue weighted by Gasteiger charge is 2.61. The van der Waals surface area contributed by atoms with Crippen LogP contribution in [0.2, 0.25) is 0 Å². The lowest BCUT2D eigenvalue weighted by molar-refractivity contribution is -0.395. The van der Waals surface area contributed by atoms with Gasteiger partial charge in [-0.1, -0.05) is 0 Å². The third-order valence-electron chi connectivity index (χ3n) is 18.8. The van der Waals surface area contributed by atoms with Crippen LogP contribution in [0.15, 0.2) is 0 Å². The van der Waals surface area contributed by atoms with Gasteiger partial charge in [0.2, 0.25) is 17.7 Å². The number of amides is 3. The summed E-state index contributed by atoms with van der Waals surface area (Å²) in [7, 11) is 0. The highest BCUT2D eigenvalue weighted by Crippen LogP contribution is 2.40. The van der Waals surface area contributed by atoms with Crippen molar-refractivity contribution in [3.63, 3.8) is 0 Å². The number of hydrogen-bond acceptors (Lipinski definition) is 42. The summed E-state index contributed by atoms with van der Waals surface area (Å²) in [6.07, 6.45) is -79.0. The second kappa shape index (κ2) is 36.3. The summed E-state index contributed by atoms with van der Waals surface area (Å²) in [5.41, 5.74) is 0. The molecule has 0 spiro atoms. The molecule has 46 heteroatoms. The molecule has 103 heavy (non-hydrogen) atoms. The number of carboxylic acids is 1. The molecule has 0 aliphatic carbocycles. The Bertz CT molecular complexity index is 2720. The molecular formula is C57H95N3O43. The van der Waals surface area contributed by atoms with Gasteiger partial charge in [0.1, 0.15) is 183 Å². The highest BCUT2D eigenvalue weighted by atomic mass is 16.8. The number of hydrogen-bond donors (Lipinski definition) is 27. The fourth-order valence-electron chi connectivity index (χ4n) is 13.1. The smallest absolute Gasteiger partial charge is 0.364 e. The van der Waals surface area contributed by atoms with Crippen molar-refractivity contribution in [3.8, 4) is 0 Å². The Kier molecular flexibility index (Phi) is 29.9. The van der Waals surface area contributed by atoms with Gasteiger partial charge in [-0.25, -0.2) is 4.79 Å². The molecule has 46 nitrogen and oxygen atoms in total. The van der Waals surface area contributed by atoms with Crippen LogP contribution in [0.25, 0.3) is 0 Å². The van der Waals surface area contributed by atoms with Crippen molar-refractivity contribution in [3.05, 3.63) is 0 Å². The molecular weight excluding hydrogens is 1410 g/mol. The van der Waals surface area contributed by atoms with Gasteiger partial charge in [0, 0.05) is 27.2 Å². The first-order valence-corrected chi connectivity index (χ1v) is 32.6. The molecule has 0 aromatic carbocycles. The van der Waals surface area contributed by atoms with E-state index in [0.29, 0.717) is 0 Å². The van der Waals surface area contributed by atoms with Crippen LogP contribution in [0, 0.1) is 0 Å². The van der Waals surface area contributed by atoms with E-state index in [9.17, 15) is 142 Å². The van der Waals surface area contributed by atoms with E-state index >= 15 is 0 Å². The number of carboxylic acid groups (broad SMARTS) is 1. The predicted molar refractivity (Wildman–Crippen MR) is 315 cm³/mol. The third-order valence-corrected chi connectivity index (χ3v) is 18.8. The number of rotatable bonds is 27. The topological polar surface area (TPSA) is 728 Å². The monoisotopic (exact) mass is 1510 g/mol. The SMILES string of the molecule is CC(=O)N[C@H]1[C@H](OC[C@H]2O[C@@H](O[C@H]3[C@H](O)[C@@H](O)[C@@H](O)O[C@@H]3CO)[C@H](O)[C@@H](O[C@@H]3O[C@H](CO[C@]4(C(=O)O)C[C@H](O)[C@@H](NC(C)=O)[C@H]([C@H](O)[C@H](O)CO)O4)[C@@H](O[C@@H]4O[C@H](CO)[C@H](O)[C@H](O)[C@H]4O[C@@H]4O[C@@H](C)[C@@H](O)[C@@H](O)[C@@H]4O)[C@H](O)[C@H]3NC(C)=O)[C@H]2O)O[C@H](CO)[C@@H](O[C@@H]2O[C@H](CO)[C@H](O)[C@H](O)[C@H]2O)[C@@H]1O. The van der Waals surface area contributed by atoms with Crippen LogP contribution in [0.4, 0.5) is 0 Å². The molecule has 0 bridgehead atoms. The standard InChI is InChI=1S/C57H95N3O43/c1-13-28(71)35(78)40(83)52(91-13)102-48-37(80)31(74)20(8-63)94-55(48)100-45-24(12-90-57(56(87)88)5-17(69)25(58-14(2)66)46(103-57)29(72)18(70)6-61)97-51(27(34(45)77)60-16(4)68)101-47-32(75)23(96-54(42(47)85)99-44-21(9-64)92-49(86)39(82)38(44)81)11-89-50-26(59-15(3)67)33(76)43(22(10-65)95-50)98-53-41(84)36(79)30(73)19(7-62)93-53/h13,17-55,61-65,69-86H,5-12H2,1-4H3,(H,58,66)(H,59,67)(H,60,68)(H,87,88)/t13-,17-,18+,19+,20+,21+,22+,23+,24+,25+,26+,27+,28+,29+,30-,31-,32-,33+,34+,35+,36-,37-,38+,39+,40-,41+,42+,43+,44+,45+,46+,47-,48+,49-,50+,51-,52-,53-,54-,55-,57+/m0/s1. The number of aliphatic hydroxyl groups is 23. The third kappa shape index (κ3) is 18.6. The molecule has 8 aliphatic rings. The van der Waals surface area contributed by atoms with Crippen molar-refractivity contribution in [2.24, 2.45) is 0 Å². The first-order valence-electron chi connectivity index (χ1n) is 32.6. The van der Waals surface area contributed by atoms with Gasteiger partial charge in [-0.3, -0.25) is 14.4 Å². The Labute approximate surface area is 582 Å². The van der Waals surface area contributed by atoms with Gasteiger partial charge in [-0.15, -0.1) is 0 Å². The van der Waals surface area contributed by atoms with Gasteiger partial charge >= 0.3 is 5.97 Å². The van der Waals surface area contributed by atoms with E-state index in [1.54, 1.807) is 0 Å². The summed E-state index contributed by atoms with van der Waals surface area (Å²) in [5.74, 6) is -8.30. The van der Waals surface area contributed by atoms with Crippen molar-refractivity contribution in [1.82, 2.24) is 16.0 Å². The van der Waals surface area contributed by atoms with E-state index in [4.69, 9.17) is 71.1 Å². The van der Waals surface area contributed by atoms with Crippen LogP contribution in [0.3, 0.4) is 0 Å². The molecule has 0 saturated carbocycles. The minimum absolute atomic E-state index is 0.864. The van der Waals surface area contributed by atoms with Gasteiger partial charge in [-0.05, 0) is 6.92 Å². The van der Waals surface area contributed by atoms with Crippen LogP contribution >= 0.6 is 0 Å². The minimum atomic E-state index is -3.29. The Morgan fingerprint density at radius 1 is 0.417 bits per heavy atom. The second-order valence-corrected chi connectivity index (χ2v) is 26.1. The molecule has 8 rings (SSSR count). The number of nitrogens with one attached hydrogen (secondary N) is 3. The summed E-state index contributed by atoms with van der Waals surface area (Å²) in [5, 5.41) is 270. The average Bonchev–Trinajstić information content (AvgIpc) is 0.769. The van der Waals surface area contributed by atoms with Crippen molar-refractivity contribution >= 4 is 23.7 Å². The van der Waals surface area contributed by atoms with E-state index < -0.39 is 327 Å². The Hall–Kier alpha value is -3.64. The molecule has 41 atom stereocenters. The zero-order valence-electron chi connectivity index (χ0n) is 55.2. The van der Waals surface area contributed by atoms with Crippen molar-refractivity contribution in [1.29, 1.82) is 0 Å². The summed E-state index contributed by atoms with van der Waals surface area (Å²) in [6.45, 7) is -3.97. The molecule has 8 heterocycles. The zero-order valence-corrected chi connectivity index (χ0v) is 55.2. The van der Waals surface area contributed by atoms with Gasteiger partial charge in [-0.2, -0.15) is 0 Å². The first-order chi connectivity index (χ1) is 48.5. The number of aliphatic hydroxyl groups excluding tert-OH is 23. The predicted octanol–water partition coefficient (Wildman–Crippen LogP) is -17.8. The van der Waals surface area contributed by atoms with E-state index in [-0.39, 0.29) is 0 Å². The number of carbonyl (C=O) groups is 4. The maximum atomic E-state index is 13.6. The second-order valence-electron chi connectivity index (χ2n) is 26.1. The molecule has 8 saturated heterocycles. The molecule has 0 aromatic rings. The van der Waals surface area contributed by atoms with E-state index in [2.05, 4.69) is 16.0 Å². The van der Waals surface area contributed by atoms with Gasteiger partial charge in [0.05, 0.1) is 64.5 Å². The number of aliphatic carboxylic acids is 1. The minimum Gasteiger partial charge on any atom is -0.477 e. The Balaban J connectivity index is 1.18. The fraction of sp³-hybridized carbons (Fsp3) is 0.930. The van der Waals surface area contributed by atoms with Crippen molar-refractivity contribution in [2.45, 2.75) is 285 Å². The first kappa shape index (κ1) is 85.0. The summed E-state index contributed by atoms with van der Waals surface area (Å²) < 4.78 is 88.0. The summed E-state index contributed by atoms with van der Waals surface area (Å²) >= 11 is 0. The van der Waals surface area contributed by atoms with Crippen LogP contribution in [-0.4, -0.2) is 444 Å². The van der Waals surface area contributed by atoms with Crippen molar-refractivity contribution in [2.75, 3.05) is 46.2 Å². The summed E-state index contributed by atoms with van der Waals surface area (Å²) in [6, 6.07) is -5.78. The molecule has 0 aromatic heterocycles. The molecule has 8 fully saturated rings. The largest absolute Gasteiger partial charge is 0.477 e. The maximum absolute atomic E-state index is 13.6. The van der Waals surface area contributed by atoms with E-state index in [1.165, 1.54) is 6.92 Å². The Morgan fingerprint density at radius 2 is 0.845 bits per heavy atom. The van der Waals surface area contributed by atoms with Crippen molar-refractivity contribution < 1.29 is 213 Å². The van der Waals surface area contributed by atoms with Gasteiger partial charge < -0.3 is 210 Å². The average molecular weight is 1510 g/mol. The Morgan fingerprint density at radius 3 is 1.40 bits per heavy atom. The van der Waals surface area contributed by atoms with Crippen LogP contribution in [-0.2, 0) is 90.2 Å². The molecule has 27 N–H and O–H groups in total. The summed E-state index contributed by atoms with van der Waals surface area (Å²) in [4.78, 5) is 52.1. The number of carbonyl (C=O) groups excluding carboxylic acids is 3. The molecule has 3 amide bonds. The van der Waals surface area contributed by atoms with Gasteiger partial charge in [0.25, 0.3) is 5.79 Å². The lowest BCUT2D eigenvalue weighted by Gasteiger charge is -2.51. The van der Waals surface area contributed by atoms with E-state index in [0.717, 1.165) is 20.8 Å². The molecule has 0 unspecified atom stereocenters. The molecule has 0 radical (unpaired) electrons. The maximum Gasteiger partial charge on any atom is 0.364 e. The lowest BCUT2D eigenvalue weighted by Crippen LogP contribution is -2.71. The fourth-order valence-corrected chi connectivity index (χ4v) is 13.1. The quantitative estimate of drug-likeness (QED) is 0.0363. The van der Waals surface area contributed by atoms with E-state index in [1.807, 2.05) is 0 Å². The highest BCUT2D eigenvalue weighted by molar-refractivity contribution is 5.77. The zero-order chi connectivity index (χ0) is 76.3. The number of ether oxygens (including phenoxy) is 15.